The van der Waals surface area contributed by atoms with Crippen molar-refractivity contribution in [2.45, 2.75) is 47.0 Å². The Hall–Kier alpha value is -1.12. The zero-order valence-electron chi connectivity index (χ0n) is 14.7. The van der Waals surface area contributed by atoms with E-state index in [0.717, 1.165) is 13.0 Å². The molecule has 0 saturated carbocycles. The van der Waals surface area contributed by atoms with Crippen molar-refractivity contribution in [3.05, 3.63) is 53.3 Å². The zero-order chi connectivity index (χ0) is 16.0. The van der Waals surface area contributed by atoms with Gasteiger partial charge < -0.3 is 5.32 Å². The van der Waals surface area contributed by atoms with E-state index in [1.807, 2.05) is 0 Å². The Morgan fingerprint density at radius 3 is 2.50 bits per heavy atom. The maximum Gasteiger partial charge on any atom is 0.112 e. The van der Waals surface area contributed by atoms with Crippen molar-refractivity contribution in [2.75, 3.05) is 12.7 Å². The Kier molecular flexibility index (Phi) is 6.22. The van der Waals surface area contributed by atoms with E-state index in [1.165, 1.54) is 19.0 Å². The molecule has 0 bridgehead atoms. The quantitative estimate of drug-likeness (QED) is 0.595. The molecule has 1 nitrogen and oxygen atoms in total. The second-order valence-electron chi connectivity index (χ2n) is 7.32. The summed E-state index contributed by atoms with van der Waals surface area (Å²) in [6, 6.07) is 11.2. The van der Waals surface area contributed by atoms with Crippen LogP contribution < -0.4 is 10.5 Å². The lowest BCUT2D eigenvalue weighted by Gasteiger charge is -2.26. The molecule has 0 aliphatic heterocycles. The Morgan fingerprint density at radius 1 is 1.14 bits per heavy atom. The number of rotatable bonds is 7. The third-order valence-electron chi connectivity index (χ3n) is 4.45. The number of unbranched alkanes of at least 4 members (excludes halogenated alkanes) is 1. The van der Waals surface area contributed by atoms with Crippen molar-refractivity contribution in [1.29, 1.82) is 0 Å². The summed E-state index contributed by atoms with van der Waals surface area (Å²) in [7, 11) is -1.14. The van der Waals surface area contributed by atoms with Gasteiger partial charge in [0.25, 0.3) is 0 Å². The van der Waals surface area contributed by atoms with E-state index in [2.05, 4.69) is 75.5 Å². The zero-order valence-corrected chi connectivity index (χ0v) is 15.8. The highest BCUT2D eigenvalue weighted by Gasteiger charge is 2.28. The van der Waals surface area contributed by atoms with Gasteiger partial charge in [0, 0.05) is 0 Å². The van der Waals surface area contributed by atoms with Crippen LogP contribution in [0, 0.1) is 5.41 Å². The van der Waals surface area contributed by atoms with Gasteiger partial charge in [-0.05, 0) is 36.5 Å². The smallest absolute Gasteiger partial charge is 0.112 e. The molecule has 2 heteroatoms. The molecule has 120 valence electrons. The van der Waals surface area contributed by atoms with E-state index in [0.29, 0.717) is 0 Å². The van der Waals surface area contributed by atoms with Crippen molar-refractivity contribution in [3.8, 4) is 0 Å². The molecule has 0 saturated heterocycles. The monoisotopic (exact) mass is 313 g/mol. The minimum absolute atomic E-state index is 0.256. The summed E-state index contributed by atoms with van der Waals surface area (Å²) in [6.07, 6.45) is 9.63. The first-order valence-corrected chi connectivity index (χ1v) is 10.7. The van der Waals surface area contributed by atoms with Crippen molar-refractivity contribution >= 4 is 14.0 Å². The highest BCUT2D eigenvalue weighted by Crippen LogP contribution is 2.35. The fourth-order valence-corrected chi connectivity index (χ4v) is 6.65. The van der Waals surface area contributed by atoms with Crippen LogP contribution in [-0.4, -0.2) is 21.5 Å². The van der Waals surface area contributed by atoms with Gasteiger partial charge in [0.05, 0.1) is 0 Å². The van der Waals surface area contributed by atoms with Gasteiger partial charge in [-0.1, -0.05) is 87.0 Å². The van der Waals surface area contributed by atoms with Crippen molar-refractivity contribution in [1.82, 2.24) is 5.32 Å². The van der Waals surface area contributed by atoms with Crippen LogP contribution in [0.15, 0.2) is 53.3 Å². The Bertz CT molecular complexity index is 522. The number of allylic oxidation sites excluding steroid dienone is 4. The average molecular weight is 314 g/mol. The van der Waals surface area contributed by atoms with E-state index in [-0.39, 0.29) is 5.41 Å². The molecule has 0 amide bonds. The summed E-state index contributed by atoms with van der Waals surface area (Å²) in [6.45, 7) is 10.4. The summed E-state index contributed by atoms with van der Waals surface area (Å²) in [5.41, 5.74) is 1.84. The molecule has 0 fully saturated rings. The average Bonchev–Trinajstić information content (AvgIpc) is 2.98. The molecule has 1 aliphatic rings. The first kappa shape index (κ1) is 17.2. The number of hydrogen-bond donors (Lipinski definition) is 1. The van der Waals surface area contributed by atoms with Gasteiger partial charge in [-0.25, -0.2) is 0 Å². The number of benzene rings is 1. The lowest BCUT2D eigenvalue weighted by atomic mass is 9.87. The molecule has 1 aromatic rings. The van der Waals surface area contributed by atoms with Crippen molar-refractivity contribution in [3.63, 3.8) is 0 Å². The molecule has 1 aliphatic carbocycles. The van der Waals surface area contributed by atoms with Crippen molar-refractivity contribution < 1.29 is 0 Å². The number of hydrogen-bond acceptors (Lipinski definition) is 1. The van der Waals surface area contributed by atoms with Crippen LogP contribution in [0.2, 0.25) is 0 Å². The molecule has 0 aromatic heterocycles. The predicted octanol–water partition coefficient (Wildman–Crippen LogP) is 3.89. The fraction of sp³-hybridized carbons (Fsp3) is 0.500. The molecule has 0 radical (unpaired) electrons. The Morgan fingerprint density at radius 2 is 1.86 bits per heavy atom. The third-order valence-corrected chi connectivity index (χ3v) is 7.73. The van der Waals surface area contributed by atoms with E-state index in [1.54, 1.807) is 16.0 Å². The predicted molar refractivity (Wildman–Crippen MR) is 101 cm³/mol. The van der Waals surface area contributed by atoms with Gasteiger partial charge in [0.1, 0.15) is 8.80 Å². The standard InChI is InChI=1S/C20H31NSi/c1-5-6-15-21-16-22(17-11-8-7-9-12-17)19-14-10-13-18(19)20(2,3)4/h7-13,21-22H,5-6,14-16H2,1-4H3. The second kappa shape index (κ2) is 7.93. The molecule has 1 unspecified atom stereocenters. The molecule has 1 atom stereocenters. The van der Waals surface area contributed by atoms with Gasteiger partial charge in [0.15, 0.2) is 0 Å². The summed E-state index contributed by atoms with van der Waals surface area (Å²) in [4.78, 5) is 0. The van der Waals surface area contributed by atoms with Crippen LogP contribution in [0.4, 0.5) is 0 Å². The largest absolute Gasteiger partial charge is 0.319 e. The lowest BCUT2D eigenvalue weighted by molar-refractivity contribution is 0.516. The first-order valence-electron chi connectivity index (χ1n) is 8.69. The van der Waals surface area contributed by atoms with Crippen LogP contribution in [-0.2, 0) is 0 Å². The van der Waals surface area contributed by atoms with E-state index >= 15 is 0 Å². The van der Waals surface area contributed by atoms with Crippen molar-refractivity contribution in [2.24, 2.45) is 5.41 Å². The lowest BCUT2D eigenvalue weighted by Crippen LogP contribution is -2.43. The topological polar surface area (TPSA) is 12.0 Å². The maximum absolute atomic E-state index is 3.73. The highest BCUT2D eigenvalue weighted by molar-refractivity contribution is 6.80. The minimum atomic E-state index is -1.14. The number of nitrogens with one attached hydrogen (secondary N) is 1. The summed E-state index contributed by atoms with van der Waals surface area (Å²) in [5, 5.41) is 7.05. The van der Waals surface area contributed by atoms with Gasteiger partial charge >= 0.3 is 0 Å². The molecule has 1 N–H and O–H groups in total. The third kappa shape index (κ3) is 4.44. The Balaban J connectivity index is 2.25. The SMILES string of the molecule is CCCCNC[SiH](C1=C(C(C)(C)C)C=CC1)c1ccccc1. The fourth-order valence-electron chi connectivity index (χ4n) is 3.26. The van der Waals surface area contributed by atoms with Crippen LogP contribution in [0.25, 0.3) is 0 Å². The normalized spacial score (nSPS) is 16.4. The summed E-state index contributed by atoms with van der Waals surface area (Å²) >= 11 is 0. The van der Waals surface area contributed by atoms with Gasteiger partial charge in [0.2, 0.25) is 0 Å². The van der Waals surface area contributed by atoms with Crippen LogP contribution in [0.5, 0.6) is 0 Å². The van der Waals surface area contributed by atoms with Gasteiger partial charge in [-0.15, -0.1) is 0 Å². The van der Waals surface area contributed by atoms with Gasteiger partial charge in [-0.2, -0.15) is 0 Å². The van der Waals surface area contributed by atoms with Crippen LogP contribution >= 0.6 is 0 Å². The molecule has 0 spiro atoms. The second-order valence-corrected chi connectivity index (χ2v) is 10.2. The Labute approximate surface area is 138 Å². The first-order chi connectivity index (χ1) is 10.5. The maximum atomic E-state index is 3.73. The minimum Gasteiger partial charge on any atom is -0.319 e. The molecular formula is C20H31NSi. The van der Waals surface area contributed by atoms with E-state index in [4.69, 9.17) is 0 Å². The molecule has 0 heterocycles. The molecular weight excluding hydrogens is 282 g/mol. The van der Waals surface area contributed by atoms with Gasteiger partial charge in [-0.3, -0.25) is 0 Å². The molecule has 2 rings (SSSR count). The summed E-state index contributed by atoms with van der Waals surface area (Å²) < 4.78 is 0. The summed E-state index contributed by atoms with van der Waals surface area (Å²) in [5.74, 6) is 0. The van der Waals surface area contributed by atoms with E-state index in [9.17, 15) is 0 Å². The van der Waals surface area contributed by atoms with Crippen LogP contribution in [0.3, 0.4) is 0 Å². The molecule has 1 aromatic carbocycles. The molecule has 22 heavy (non-hydrogen) atoms. The van der Waals surface area contributed by atoms with Crippen LogP contribution in [0.1, 0.15) is 47.0 Å². The highest BCUT2D eigenvalue weighted by atomic mass is 28.3. The van der Waals surface area contributed by atoms with E-state index < -0.39 is 8.80 Å².